The molecule has 2 aromatic rings. The molecule has 3 nitrogen and oxygen atoms in total. The van der Waals surface area contributed by atoms with Gasteiger partial charge in [0, 0.05) is 30.5 Å². The van der Waals surface area contributed by atoms with Crippen LogP contribution < -0.4 is 5.32 Å². The maximum Gasteiger partial charge on any atom is 0.127 e. The standard InChI is InChI=1S/C9H11N3S/c1-12-4-3-10-9(12)6-11-8-2-5-13-7-8/h2-5,7,11H,6H2,1H3. The Morgan fingerprint density at radius 1 is 1.62 bits per heavy atom. The second-order valence-corrected chi connectivity index (χ2v) is 3.60. The molecule has 0 saturated heterocycles. The van der Waals surface area contributed by atoms with E-state index in [1.807, 2.05) is 24.0 Å². The van der Waals surface area contributed by atoms with Crippen molar-refractivity contribution in [1.82, 2.24) is 9.55 Å². The number of thiophene rings is 1. The molecule has 2 heterocycles. The molecule has 0 aliphatic carbocycles. The number of hydrogen-bond donors (Lipinski definition) is 1. The molecular weight excluding hydrogens is 182 g/mol. The molecule has 0 aliphatic rings. The van der Waals surface area contributed by atoms with E-state index >= 15 is 0 Å². The van der Waals surface area contributed by atoms with Gasteiger partial charge in [0.1, 0.15) is 5.82 Å². The zero-order valence-electron chi connectivity index (χ0n) is 7.40. The van der Waals surface area contributed by atoms with Crippen molar-refractivity contribution in [3.05, 3.63) is 35.0 Å². The van der Waals surface area contributed by atoms with E-state index in [9.17, 15) is 0 Å². The third-order valence-electron chi connectivity index (χ3n) is 1.89. The summed E-state index contributed by atoms with van der Waals surface area (Å²) in [5, 5.41) is 7.44. The van der Waals surface area contributed by atoms with Gasteiger partial charge >= 0.3 is 0 Å². The van der Waals surface area contributed by atoms with Crippen LogP contribution in [-0.2, 0) is 13.6 Å². The van der Waals surface area contributed by atoms with Crippen LogP contribution >= 0.6 is 11.3 Å². The largest absolute Gasteiger partial charge is 0.377 e. The third-order valence-corrected chi connectivity index (χ3v) is 2.58. The van der Waals surface area contributed by atoms with Gasteiger partial charge in [-0.1, -0.05) is 0 Å². The highest BCUT2D eigenvalue weighted by Gasteiger charge is 1.98. The molecule has 68 valence electrons. The highest BCUT2D eigenvalue weighted by atomic mass is 32.1. The Morgan fingerprint density at radius 3 is 3.15 bits per heavy atom. The summed E-state index contributed by atoms with van der Waals surface area (Å²) < 4.78 is 2.01. The van der Waals surface area contributed by atoms with Gasteiger partial charge in [0.25, 0.3) is 0 Å². The van der Waals surface area contributed by atoms with Crippen LogP contribution in [-0.4, -0.2) is 9.55 Å². The molecule has 0 saturated carbocycles. The molecule has 1 N–H and O–H groups in total. The van der Waals surface area contributed by atoms with Crippen LogP contribution in [0.25, 0.3) is 0 Å². The number of hydrogen-bond acceptors (Lipinski definition) is 3. The zero-order valence-corrected chi connectivity index (χ0v) is 8.21. The van der Waals surface area contributed by atoms with Crippen molar-refractivity contribution in [2.75, 3.05) is 5.32 Å². The fourth-order valence-corrected chi connectivity index (χ4v) is 1.73. The highest BCUT2D eigenvalue weighted by Crippen LogP contribution is 2.12. The summed E-state index contributed by atoms with van der Waals surface area (Å²) in [6.07, 6.45) is 3.76. The summed E-state index contributed by atoms with van der Waals surface area (Å²) in [6.45, 7) is 0.778. The van der Waals surface area contributed by atoms with Crippen LogP contribution in [0.5, 0.6) is 0 Å². The van der Waals surface area contributed by atoms with Gasteiger partial charge in [-0.2, -0.15) is 11.3 Å². The van der Waals surface area contributed by atoms with E-state index in [1.54, 1.807) is 11.3 Å². The van der Waals surface area contributed by atoms with E-state index in [4.69, 9.17) is 0 Å². The number of aryl methyl sites for hydroxylation is 1. The molecule has 0 fully saturated rings. The van der Waals surface area contributed by atoms with Crippen molar-refractivity contribution in [2.45, 2.75) is 6.54 Å². The first-order chi connectivity index (χ1) is 6.36. The average molecular weight is 193 g/mol. The highest BCUT2D eigenvalue weighted by molar-refractivity contribution is 7.08. The Bertz CT molecular complexity index is 364. The maximum atomic E-state index is 4.22. The quantitative estimate of drug-likeness (QED) is 0.809. The first kappa shape index (κ1) is 8.31. The van der Waals surface area contributed by atoms with E-state index in [1.165, 1.54) is 0 Å². The minimum atomic E-state index is 0.778. The molecular formula is C9H11N3S. The molecule has 0 bridgehead atoms. The van der Waals surface area contributed by atoms with E-state index in [0.29, 0.717) is 0 Å². The van der Waals surface area contributed by atoms with Gasteiger partial charge in [0.15, 0.2) is 0 Å². The molecule has 0 aliphatic heterocycles. The van der Waals surface area contributed by atoms with Crippen molar-refractivity contribution in [3.63, 3.8) is 0 Å². The summed E-state index contributed by atoms with van der Waals surface area (Å²) in [4.78, 5) is 4.22. The summed E-state index contributed by atoms with van der Waals surface area (Å²) in [7, 11) is 2.00. The Kier molecular flexibility index (Phi) is 2.31. The summed E-state index contributed by atoms with van der Waals surface area (Å²) in [6, 6.07) is 2.06. The number of rotatable bonds is 3. The van der Waals surface area contributed by atoms with Crippen molar-refractivity contribution in [2.24, 2.45) is 7.05 Å². The summed E-state index contributed by atoms with van der Waals surface area (Å²) in [5.41, 5.74) is 1.16. The monoisotopic (exact) mass is 193 g/mol. The van der Waals surface area contributed by atoms with Crippen LogP contribution in [0.3, 0.4) is 0 Å². The fraction of sp³-hybridized carbons (Fsp3) is 0.222. The average Bonchev–Trinajstić information content (AvgIpc) is 2.72. The molecule has 0 radical (unpaired) electrons. The molecule has 0 spiro atoms. The van der Waals surface area contributed by atoms with Crippen molar-refractivity contribution in [1.29, 1.82) is 0 Å². The minimum Gasteiger partial charge on any atom is -0.377 e. The SMILES string of the molecule is Cn1ccnc1CNc1ccsc1. The van der Waals surface area contributed by atoms with Crippen LogP contribution in [0, 0.1) is 0 Å². The first-order valence-electron chi connectivity index (χ1n) is 4.08. The number of anilines is 1. The van der Waals surface area contributed by atoms with Crippen LogP contribution in [0.4, 0.5) is 5.69 Å². The van der Waals surface area contributed by atoms with Crippen molar-refractivity contribution < 1.29 is 0 Å². The van der Waals surface area contributed by atoms with E-state index in [2.05, 4.69) is 27.1 Å². The smallest absolute Gasteiger partial charge is 0.127 e. The molecule has 13 heavy (non-hydrogen) atoms. The molecule has 2 rings (SSSR count). The minimum absolute atomic E-state index is 0.778. The van der Waals surface area contributed by atoms with Gasteiger partial charge in [0.2, 0.25) is 0 Å². The Labute approximate surface area is 81.0 Å². The maximum absolute atomic E-state index is 4.22. The molecule has 0 aromatic carbocycles. The number of imidazole rings is 1. The van der Waals surface area contributed by atoms with Gasteiger partial charge in [-0.15, -0.1) is 0 Å². The Hall–Kier alpha value is -1.29. The predicted octanol–water partition coefficient (Wildman–Crippen LogP) is 2.09. The van der Waals surface area contributed by atoms with Crippen molar-refractivity contribution >= 4 is 17.0 Å². The Morgan fingerprint density at radius 2 is 2.54 bits per heavy atom. The molecule has 4 heteroatoms. The van der Waals surface area contributed by atoms with Gasteiger partial charge in [-0.25, -0.2) is 4.98 Å². The number of nitrogens with zero attached hydrogens (tertiary/aromatic N) is 2. The lowest BCUT2D eigenvalue weighted by atomic mass is 10.5. The predicted molar refractivity (Wildman–Crippen MR) is 54.9 cm³/mol. The topological polar surface area (TPSA) is 29.9 Å². The van der Waals surface area contributed by atoms with Gasteiger partial charge in [-0.3, -0.25) is 0 Å². The number of aromatic nitrogens is 2. The molecule has 0 amide bonds. The van der Waals surface area contributed by atoms with E-state index in [-0.39, 0.29) is 0 Å². The van der Waals surface area contributed by atoms with E-state index < -0.39 is 0 Å². The van der Waals surface area contributed by atoms with Gasteiger partial charge in [0.05, 0.1) is 6.54 Å². The van der Waals surface area contributed by atoms with Crippen LogP contribution in [0.15, 0.2) is 29.2 Å². The lowest BCUT2D eigenvalue weighted by Gasteiger charge is -2.03. The third kappa shape index (κ3) is 1.89. The van der Waals surface area contributed by atoms with Crippen LogP contribution in [0.2, 0.25) is 0 Å². The summed E-state index contributed by atoms with van der Waals surface area (Å²) in [5.74, 6) is 1.05. The molecule has 0 atom stereocenters. The molecule has 2 aromatic heterocycles. The van der Waals surface area contributed by atoms with Crippen molar-refractivity contribution in [3.8, 4) is 0 Å². The first-order valence-corrected chi connectivity index (χ1v) is 5.03. The lowest BCUT2D eigenvalue weighted by molar-refractivity contribution is 0.813. The molecule has 0 unspecified atom stereocenters. The Balaban J connectivity index is 1.97. The number of nitrogens with one attached hydrogen (secondary N) is 1. The summed E-state index contributed by atoms with van der Waals surface area (Å²) >= 11 is 1.69. The van der Waals surface area contributed by atoms with Crippen LogP contribution in [0.1, 0.15) is 5.82 Å². The lowest BCUT2D eigenvalue weighted by Crippen LogP contribution is -2.04. The zero-order chi connectivity index (χ0) is 9.10. The van der Waals surface area contributed by atoms with E-state index in [0.717, 1.165) is 18.1 Å². The normalized spacial score (nSPS) is 10.2. The second kappa shape index (κ2) is 3.62. The fourth-order valence-electron chi connectivity index (χ4n) is 1.11. The second-order valence-electron chi connectivity index (χ2n) is 2.82. The van der Waals surface area contributed by atoms with Gasteiger partial charge in [-0.05, 0) is 11.4 Å². The van der Waals surface area contributed by atoms with Gasteiger partial charge < -0.3 is 9.88 Å².